The summed E-state index contributed by atoms with van der Waals surface area (Å²) in [6.07, 6.45) is 2.52. The minimum absolute atomic E-state index is 0.266. The van der Waals surface area contributed by atoms with Crippen LogP contribution in [0.4, 0.5) is 5.69 Å². The van der Waals surface area contributed by atoms with E-state index >= 15 is 0 Å². The summed E-state index contributed by atoms with van der Waals surface area (Å²) in [5.41, 5.74) is 2.66. The monoisotopic (exact) mass is 349 g/mol. The van der Waals surface area contributed by atoms with E-state index in [1.807, 2.05) is 54.6 Å². The average Bonchev–Trinajstić information content (AvgIpc) is 3.16. The Bertz CT molecular complexity index is 855. The molecule has 0 aliphatic carbocycles. The van der Waals surface area contributed by atoms with E-state index in [0.717, 1.165) is 23.4 Å². The van der Waals surface area contributed by atoms with Gasteiger partial charge in [-0.05, 0) is 42.2 Å². The Hall–Kier alpha value is -3.01. The van der Waals surface area contributed by atoms with Crippen molar-refractivity contribution in [2.75, 3.05) is 5.32 Å². The number of ether oxygens (including phenoxy) is 1. The van der Waals surface area contributed by atoms with E-state index in [4.69, 9.17) is 9.15 Å². The lowest BCUT2D eigenvalue weighted by molar-refractivity contribution is 0.0993. The Balaban J connectivity index is 1.73. The minimum Gasteiger partial charge on any atom is -0.489 e. The lowest BCUT2D eigenvalue weighted by Gasteiger charge is -2.15. The standard InChI is InChI=1S/C22H23NO3/c1-3-16(2)19-11-7-8-12-20(19)23-22(24)21-17(13-14-25-21)15-26-18-9-5-4-6-10-18/h4-14,16H,3,15H2,1-2H3,(H,23,24)/t16-/m1/s1. The lowest BCUT2D eigenvalue weighted by Crippen LogP contribution is -2.15. The number of hydrogen-bond acceptors (Lipinski definition) is 3. The number of para-hydroxylation sites is 2. The molecule has 134 valence electrons. The summed E-state index contributed by atoms with van der Waals surface area (Å²) in [5.74, 6) is 1.13. The first-order chi connectivity index (χ1) is 12.7. The second kappa shape index (κ2) is 8.39. The smallest absolute Gasteiger partial charge is 0.291 e. The molecule has 0 fully saturated rings. The third-order valence-electron chi connectivity index (χ3n) is 4.44. The molecular formula is C22H23NO3. The van der Waals surface area contributed by atoms with E-state index in [1.54, 1.807) is 6.07 Å². The molecule has 1 amide bonds. The van der Waals surface area contributed by atoms with Crippen LogP contribution in [-0.4, -0.2) is 5.91 Å². The predicted octanol–water partition coefficient (Wildman–Crippen LogP) is 5.62. The van der Waals surface area contributed by atoms with E-state index in [-0.39, 0.29) is 18.3 Å². The summed E-state index contributed by atoms with van der Waals surface area (Å²) in [7, 11) is 0. The van der Waals surface area contributed by atoms with Gasteiger partial charge in [-0.25, -0.2) is 0 Å². The molecule has 1 aromatic heterocycles. The van der Waals surface area contributed by atoms with Crippen molar-refractivity contribution < 1.29 is 13.9 Å². The zero-order valence-electron chi connectivity index (χ0n) is 15.1. The van der Waals surface area contributed by atoms with Crippen LogP contribution >= 0.6 is 0 Å². The highest BCUT2D eigenvalue weighted by atomic mass is 16.5. The van der Waals surface area contributed by atoms with Crippen molar-refractivity contribution in [1.82, 2.24) is 0 Å². The van der Waals surface area contributed by atoms with Crippen LogP contribution in [0.25, 0.3) is 0 Å². The molecule has 0 bridgehead atoms. The SMILES string of the molecule is CC[C@@H](C)c1ccccc1NC(=O)c1occc1COc1ccccc1. The highest BCUT2D eigenvalue weighted by Crippen LogP contribution is 2.27. The number of hydrogen-bond donors (Lipinski definition) is 1. The van der Waals surface area contributed by atoms with Gasteiger partial charge in [-0.3, -0.25) is 4.79 Å². The highest BCUT2D eigenvalue weighted by Gasteiger charge is 2.18. The van der Waals surface area contributed by atoms with Crippen LogP contribution < -0.4 is 10.1 Å². The van der Waals surface area contributed by atoms with Crippen molar-refractivity contribution >= 4 is 11.6 Å². The van der Waals surface area contributed by atoms with Crippen molar-refractivity contribution in [1.29, 1.82) is 0 Å². The van der Waals surface area contributed by atoms with Gasteiger partial charge in [0.2, 0.25) is 0 Å². The Morgan fingerprint density at radius 1 is 1.08 bits per heavy atom. The third-order valence-corrected chi connectivity index (χ3v) is 4.44. The number of nitrogens with one attached hydrogen (secondary N) is 1. The molecule has 2 aromatic carbocycles. The molecule has 0 radical (unpaired) electrons. The maximum Gasteiger partial charge on any atom is 0.291 e. The topological polar surface area (TPSA) is 51.5 Å². The summed E-state index contributed by atoms with van der Waals surface area (Å²) < 4.78 is 11.2. The molecule has 0 saturated carbocycles. The second-order valence-corrected chi connectivity index (χ2v) is 6.23. The molecule has 0 saturated heterocycles. The molecule has 0 aliphatic heterocycles. The van der Waals surface area contributed by atoms with Crippen LogP contribution in [0.5, 0.6) is 5.75 Å². The average molecular weight is 349 g/mol. The fourth-order valence-corrected chi connectivity index (χ4v) is 2.77. The van der Waals surface area contributed by atoms with E-state index in [9.17, 15) is 4.79 Å². The first-order valence-electron chi connectivity index (χ1n) is 8.83. The number of rotatable bonds is 7. The predicted molar refractivity (Wildman–Crippen MR) is 103 cm³/mol. The van der Waals surface area contributed by atoms with Crippen molar-refractivity contribution in [3.05, 3.63) is 83.8 Å². The summed E-state index contributed by atoms with van der Waals surface area (Å²) >= 11 is 0. The van der Waals surface area contributed by atoms with Crippen molar-refractivity contribution in [2.45, 2.75) is 32.8 Å². The number of carbonyl (C=O) groups excluding carboxylic acids is 1. The summed E-state index contributed by atoms with van der Waals surface area (Å²) in [6.45, 7) is 4.56. The molecule has 1 heterocycles. The van der Waals surface area contributed by atoms with E-state index in [1.165, 1.54) is 6.26 Å². The van der Waals surface area contributed by atoms with Gasteiger partial charge in [-0.2, -0.15) is 0 Å². The first kappa shape index (κ1) is 17.8. The second-order valence-electron chi connectivity index (χ2n) is 6.23. The molecule has 3 aromatic rings. The number of anilines is 1. The maximum absolute atomic E-state index is 12.7. The van der Waals surface area contributed by atoms with Gasteiger partial charge in [0.15, 0.2) is 5.76 Å². The Kier molecular flexibility index (Phi) is 5.74. The quantitative estimate of drug-likeness (QED) is 0.602. The van der Waals surface area contributed by atoms with Gasteiger partial charge in [0, 0.05) is 11.3 Å². The van der Waals surface area contributed by atoms with Crippen LogP contribution in [0.2, 0.25) is 0 Å². The van der Waals surface area contributed by atoms with Gasteiger partial charge in [-0.1, -0.05) is 50.2 Å². The van der Waals surface area contributed by atoms with Crippen LogP contribution in [0.3, 0.4) is 0 Å². The number of amides is 1. The van der Waals surface area contributed by atoms with Crippen LogP contribution in [0.15, 0.2) is 71.3 Å². The number of furan rings is 1. The van der Waals surface area contributed by atoms with Crippen LogP contribution in [0.1, 0.15) is 47.9 Å². The number of benzene rings is 2. The normalized spacial score (nSPS) is 11.8. The van der Waals surface area contributed by atoms with Crippen LogP contribution in [0, 0.1) is 0 Å². The maximum atomic E-state index is 12.7. The third kappa shape index (κ3) is 4.14. The molecule has 26 heavy (non-hydrogen) atoms. The molecule has 4 heteroatoms. The molecular weight excluding hydrogens is 326 g/mol. The van der Waals surface area contributed by atoms with E-state index < -0.39 is 0 Å². The largest absolute Gasteiger partial charge is 0.489 e. The van der Waals surface area contributed by atoms with Crippen molar-refractivity contribution in [3.63, 3.8) is 0 Å². The molecule has 0 spiro atoms. The van der Waals surface area contributed by atoms with Gasteiger partial charge in [-0.15, -0.1) is 0 Å². The van der Waals surface area contributed by atoms with E-state index in [2.05, 4.69) is 19.2 Å². The lowest BCUT2D eigenvalue weighted by atomic mass is 9.97. The molecule has 4 nitrogen and oxygen atoms in total. The molecule has 1 N–H and O–H groups in total. The summed E-state index contributed by atoms with van der Waals surface area (Å²) in [5, 5.41) is 2.98. The van der Waals surface area contributed by atoms with Gasteiger partial charge in [0.1, 0.15) is 12.4 Å². The molecule has 3 rings (SSSR count). The number of carbonyl (C=O) groups is 1. The zero-order chi connectivity index (χ0) is 18.4. The Labute approximate surface area is 153 Å². The Morgan fingerprint density at radius 2 is 1.81 bits per heavy atom. The van der Waals surface area contributed by atoms with Gasteiger partial charge >= 0.3 is 0 Å². The zero-order valence-corrected chi connectivity index (χ0v) is 15.1. The molecule has 0 aliphatic rings. The minimum atomic E-state index is -0.266. The fourth-order valence-electron chi connectivity index (χ4n) is 2.77. The first-order valence-corrected chi connectivity index (χ1v) is 8.83. The highest BCUT2D eigenvalue weighted by molar-refractivity contribution is 6.03. The fraction of sp³-hybridized carbons (Fsp3) is 0.227. The van der Waals surface area contributed by atoms with Gasteiger partial charge in [0.25, 0.3) is 5.91 Å². The molecule has 0 unspecified atom stereocenters. The van der Waals surface area contributed by atoms with Gasteiger partial charge < -0.3 is 14.5 Å². The van der Waals surface area contributed by atoms with Crippen LogP contribution in [-0.2, 0) is 6.61 Å². The van der Waals surface area contributed by atoms with Crippen molar-refractivity contribution in [3.8, 4) is 5.75 Å². The van der Waals surface area contributed by atoms with Gasteiger partial charge in [0.05, 0.1) is 6.26 Å². The molecule has 1 atom stereocenters. The Morgan fingerprint density at radius 3 is 2.58 bits per heavy atom. The summed E-state index contributed by atoms with van der Waals surface area (Å²) in [6, 6.07) is 19.1. The van der Waals surface area contributed by atoms with Crippen molar-refractivity contribution in [2.24, 2.45) is 0 Å². The van der Waals surface area contributed by atoms with E-state index in [0.29, 0.717) is 11.5 Å². The summed E-state index contributed by atoms with van der Waals surface area (Å²) in [4.78, 5) is 12.7.